The first-order valence-electron chi connectivity index (χ1n) is 10.1. The van der Waals surface area contributed by atoms with E-state index in [0.29, 0.717) is 37.6 Å². The maximum atomic E-state index is 13.3. The second-order valence-electron chi connectivity index (χ2n) is 7.81. The lowest BCUT2D eigenvalue weighted by atomic mass is 9.84. The molecule has 1 aromatic heterocycles. The number of alkyl halides is 1. The number of ether oxygens (including phenoxy) is 1. The monoisotopic (exact) mass is 595 g/mol. The topological polar surface area (TPSA) is 68.5 Å². The number of hydrogen-bond donors (Lipinski definition) is 0. The summed E-state index contributed by atoms with van der Waals surface area (Å²) < 4.78 is 12.2. The van der Waals surface area contributed by atoms with E-state index in [1.807, 2.05) is 61.5 Å². The molecule has 0 saturated carbocycles. The number of amides is 1. The molecule has 1 saturated heterocycles. The minimum Gasteiger partial charge on any atom is -0.438 e. The van der Waals surface area contributed by atoms with Crippen LogP contribution in [0.5, 0.6) is 0 Å². The first-order valence-corrected chi connectivity index (χ1v) is 12.0. The lowest BCUT2D eigenvalue weighted by Crippen LogP contribution is -2.53. The fourth-order valence-corrected chi connectivity index (χ4v) is 5.02. The highest BCUT2D eigenvalue weighted by atomic mass is 127. The number of aryl methyl sites for hydroxylation is 2. The van der Waals surface area contributed by atoms with Crippen LogP contribution in [-0.4, -0.2) is 27.7 Å². The first-order chi connectivity index (χ1) is 14.8. The zero-order valence-corrected chi connectivity index (χ0v) is 21.1. The maximum Gasteiger partial charge on any atom is 0.412 e. The molecule has 0 radical (unpaired) electrons. The van der Waals surface area contributed by atoms with Crippen LogP contribution in [-0.2, 0) is 20.3 Å². The average molecular weight is 596 g/mol. The number of rotatable bonds is 6. The predicted molar refractivity (Wildman–Crippen MR) is 129 cm³/mol. The maximum absolute atomic E-state index is 13.3. The highest BCUT2D eigenvalue weighted by molar-refractivity contribution is 14.1. The molecule has 0 aliphatic carbocycles. The van der Waals surface area contributed by atoms with Gasteiger partial charge in [0.05, 0.1) is 0 Å². The smallest absolute Gasteiger partial charge is 0.412 e. The van der Waals surface area contributed by atoms with Gasteiger partial charge in [-0.3, -0.25) is 4.90 Å². The van der Waals surface area contributed by atoms with E-state index >= 15 is 0 Å². The Labute approximate surface area is 203 Å². The molecule has 31 heavy (non-hydrogen) atoms. The number of benzene rings is 2. The minimum atomic E-state index is -0.732. The largest absolute Gasteiger partial charge is 0.438 e. The van der Waals surface area contributed by atoms with E-state index in [2.05, 4.69) is 48.7 Å². The highest BCUT2D eigenvalue weighted by Crippen LogP contribution is 2.44. The van der Waals surface area contributed by atoms with Crippen molar-refractivity contribution < 1.29 is 13.9 Å². The number of carbonyl (C=O) groups is 1. The molecule has 1 fully saturated rings. The van der Waals surface area contributed by atoms with Crippen molar-refractivity contribution in [3.8, 4) is 0 Å². The fourth-order valence-electron chi connectivity index (χ4n) is 3.96. The first kappa shape index (κ1) is 22.3. The molecule has 4 rings (SSSR count). The Morgan fingerprint density at radius 1 is 1.16 bits per heavy atom. The van der Waals surface area contributed by atoms with Crippen LogP contribution in [0, 0.1) is 6.92 Å². The molecule has 2 heterocycles. The Balaban J connectivity index is 1.59. The molecule has 0 bridgehead atoms. The molecule has 1 unspecified atom stereocenters. The summed E-state index contributed by atoms with van der Waals surface area (Å²) in [6.07, 6.45) is 1.47. The summed E-state index contributed by atoms with van der Waals surface area (Å²) in [5.41, 5.74) is 1.30. The van der Waals surface area contributed by atoms with Crippen molar-refractivity contribution in [2.75, 3.05) is 6.54 Å². The van der Waals surface area contributed by atoms with Gasteiger partial charge >= 0.3 is 6.09 Å². The molecular formula is C23H23BrIN3O3. The van der Waals surface area contributed by atoms with Gasteiger partial charge in [-0.25, -0.2) is 4.79 Å². The van der Waals surface area contributed by atoms with Gasteiger partial charge in [0.1, 0.15) is 9.15 Å². The van der Waals surface area contributed by atoms with E-state index < -0.39 is 9.15 Å². The van der Waals surface area contributed by atoms with Gasteiger partial charge in [-0.15, -0.1) is 10.2 Å². The van der Waals surface area contributed by atoms with E-state index in [0.717, 1.165) is 15.6 Å². The van der Waals surface area contributed by atoms with Crippen LogP contribution in [0.3, 0.4) is 0 Å². The van der Waals surface area contributed by atoms with E-state index in [1.54, 1.807) is 11.8 Å². The summed E-state index contributed by atoms with van der Waals surface area (Å²) in [6.45, 7) is 4.38. The van der Waals surface area contributed by atoms with Crippen LogP contribution in [0.4, 0.5) is 4.79 Å². The Kier molecular flexibility index (Phi) is 6.39. The number of nitrogens with zero attached hydrogens (tertiary/aromatic N) is 3. The van der Waals surface area contributed by atoms with Crippen molar-refractivity contribution in [2.45, 2.75) is 42.3 Å². The normalized spacial score (nSPS) is 20.9. The lowest BCUT2D eigenvalue weighted by Gasteiger charge is -2.46. The summed E-state index contributed by atoms with van der Waals surface area (Å²) in [7, 11) is 0. The molecule has 2 atom stereocenters. The summed E-state index contributed by atoms with van der Waals surface area (Å²) in [6, 6.07) is 18.0. The van der Waals surface area contributed by atoms with Crippen LogP contribution in [0.15, 0.2) is 63.5 Å². The number of aromatic nitrogens is 2. The molecule has 1 aliphatic rings. The van der Waals surface area contributed by atoms with Crippen molar-refractivity contribution in [3.05, 3.63) is 82.0 Å². The third-order valence-electron chi connectivity index (χ3n) is 5.73. The highest BCUT2D eigenvalue weighted by Gasteiger charge is 2.47. The van der Waals surface area contributed by atoms with E-state index in [9.17, 15) is 4.79 Å². The van der Waals surface area contributed by atoms with Crippen molar-refractivity contribution in [2.24, 2.45) is 0 Å². The van der Waals surface area contributed by atoms with Gasteiger partial charge in [0.25, 0.3) is 0 Å². The summed E-state index contributed by atoms with van der Waals surface area (Å²) >= 11 is 5.80. The van der Waals surface area contributed by atoms with E-state index in [1.165, 1.54) is 0 Å². The molecule has 1 aliphatic heterocycles. The van der Waals surface area contributed by atoms with Crippen LogP contribution in [0.25, 0.3) is 0 Å². The predicted octanol–water partition coefficient (Wildman–Crippen LogP) is 6.12. The van der Waals surface area contributed by atoms with Crippen LogP contribution >= 0.6 is 38.5 Å². The van der Waals surface area contributed by atoms with Gasteiger partial charge < -0.3 is 9.15 Å². The molecule has 0 N–H and O–H groups in total. The third-order valence-corrected chi connectivity index (χ3v) is 7.46. The molecule has 162 valence electrons. The molecule has 0 spiro atoms. The molecule has 6 nitrogen and oxygen atoms in total. The molecule has 1 amide bonds. The second kappa shape index (κ2) is 8.90. The van der Waals surface area contributed by atoms with E-state index in [4.69, 9.17) is 9.15 Å². The molecule has 2 aromatic carbocycles. The van der Waals surface area contributed by atoms with Crippen LogP contribution in [0.2, 0.25) is 0 Å². The van der Waals surface area contributed by atoms with Crippen molar-refractivity contribution in [3.63, 3.8) is 0 Å². The van der Waals surface area contributed by atoms with Gasteiger partial charge in [-0.1, -0.05) is 58.4 Å². The van der Waals surface area contributed by atoms with Gasteiger partial charge in [-0.2, -0.15) is 0 Å². The third kappa shape index (κ3) is 4.64. The standard InChI is InChI=1S/C23H23BrIN3O3/c1-16-26-27-20(30-16)12-13-23(18-6-4-3-5-7-18)14-15-28(21(29)31-23)22(2,25)17-8-10-19(24)11-9-17/h3-11H,12-15H2,1-2H3/t22-,23?/m1/s1. The van der Waals surface area contributed by atoms with Gasteiger partial charge in [0.15, 0.2) is 0 Å². The zero-order chi connectivity index (χ0) is 22.1. The molecular weight excluding hydrogens is 573 g/mol. The number of carbonyl (C=O) groups excluding carboxylic acids is 1. The Morgan fingerprint density at radius 2 is 1.87 bits per heavy atom. The van der Waals surface area contributed by atoms with Crippen molar-refractivity contribution in [1.29, 1.82) is 0 Å². The lowest BCUT2D eigenvalue weighted by molar-refractivity contribution is -0.0679. The van der Waals surface area contributed by atoms with Gasteiger partial charge in [0, 0.05) is 37.2 Å². The van der Waals surface area contributed by atoms with Crippen LogP contribution in [0.1, 0.15) is 42.7 Å². The number of cyclic esters (lactones) is 1. The zero-order valence-electron chi connectivity index (χ0n) is 17.3. The quantitative estimate of drug-likeness (QED) is 0.195. The summed E-state index contributed by atoms with van der Waals surface area (Å²) in [4.78, 5) is 15.1. The number of halogens is 2. The fraction of sp³-hybridized carbons (Fsp3) is 0.348. The Morgan fingerprint density at radius 3 is 2.48 bits per heavy atom. The Hall–Kier alpha value is -1.94. The number of hydrogen-bond acceptors (Lipinski definition) is 5. The van der Waals surface area contributed by atoms with Gasteiger partial charge in [-0.05, 0) is 52.8 Å². The van der Waals surface area contributed by atoms with Crippen molar-refractivity contribution >= 4 is 44.6 Å². The SMILES string of the molecule is Cc1nnc(CCC2(c3ccccc3)CCN([C@@](C)(I)c3ccc(Br)cc3)C(=O)O2)o1. The molecule has 8 heteroatoms. The van der Waals surface area contributed by atoms with Crippen molar-refractivity contribution in [1.82, 2.24) is 15.1 Å². The Bertz CT molecular complexity index is 1060. The second-order valence-corrected chi connectivity index (χ2v) is 10.8. The average Bonchev–Trinajstić information content (AvgIpc) is 3.18. The van der Waals surface area contributed by atoms with E-state index in [-0.39, 0.29) is 6.09 Å². The summed E-state index contributed by atoms with van der Waals surface area (Å²) in [5, 5.41) is 8.01. The van der Waals surface area contributed by atoms with Gasteiger partial charge in [0.2, 0.25) is 11.8 Å². The van der Waals surface area contributed by atoms with Crippen LogP contribution < -0.4 is 0 Å². The molecule has 3 aromatic rings. The minimum absolute atomic E-state index is 0.323. The summed E-state index contributed by atoms with van der Waals surface area (Å²) in [5.74, 6) is 1.09.